The van der Waals surface area contributed by atoms with E-state index in [1.807, 2.05) is 60.7 Å². The quantitative estimate of drug-likeness (QED) is 0.275. The molecule has 0 aliphatic carbocycles. The predicted molar refractivity (Wildman–Crippen MR) is 152 cm³/mol. The molecule has 0 saturated carbocycles. The molecule has 2 aromatic rings. The van der Waals surface area contributed by atoms with Crippen LogP contribution in [0.3, 0.4) is 0 Å². The largest absolute Gasteiger partial charge is 0.465 e. The van der Waals surface area contributed by atoms with Gasteiger partial charge in [-0.1, -0.05) is 60.7 Å². The first kappa shape index (κ1) is 32.1. The molecular weight excluding hydrogens is 498 g/mol. The summed E-state index contributed by atoms with van der Waals surface area (Å²) in [6, 6.07) is 17.5. The highest BCUT2D eigenvalue weighted by Crippen LogP contribution is 2.23. The Bertz CT molecular complexity index is 1020. The number of aliphatic hydroxyl groups excluding tert-OH is 2. The van der Waals surface area contributed by atoms with Crippen molar-refractivity contribution in [3.05, 3.63) is 71.8 Å². The molecule has 0 heterocycles. The van der Waals surface area contributed by atoms with Crippen LogP contribution in [-0.4, -0.2) is 80.9 Å². The first-order chi connectivity index (χ1) is 18.2. The summed E-state index contributed by atoms with van der Waals surface area (Å²) in [4.78, 5) is 26.0. The monoisotopic (exact) mass is 543 g/mol. The molecule has 0 radical (unpaired) electrons. The standard InChI is InChI=1S/C30H45N3O6/c1-29(2,3)33(28(37)38)24(18-22-15-11-8-12-16-22)26(35)20-31-19-25(34)23(17-21-13-9-7-10-14-21)32-27(36)39-30(4,5)6/h7-16,23-26,31,34-35H,17-20H2,1-6H3,(H,32,36)(H,37,38)/t23-,24+,25+,26-/m0/s1. The second kappa shape index (κ2) is 14.3. The normalized spacial score (nSPS) is 15.1. The molecule has 9 heteroatoms. The maximum Gasteiger partial charge on any atom is 0.408 e. The zero-order valence-corrected chi connectivity index (χ0v) is 23.9. The Labute approximate surface area is 232 Å². The molecule has 4 atom stereocenters. The number of aliphatic hydroxyl groups is 2. The number of rotatable bonds is 12. The number of ether oxygens (including phenoxy) is 1. The maximum atomic E-state index is 12.5. The molecule has 216 valence electrons. The van der Waals surface area contributed by atoms with E-state index in [-0.39, 0.29) is 13.1 Å². The van der Waals surface area contributed by atoms with Gasteiger partial charge in [0.2, 0.25) is 0 Å². The lowest BCUT2D eigenvalue weighted by Crippen LogP contribution is -2.58. The Morgan fingerprint density at radius 3 is 1.77 bits per heavy atom. The van der Waals surface area contributed by atoms with Crippen LogP contribution in [-0.2, 0) is 17.6 Å². The van der Waals surface area contributed by atoms with Crippen LogP contribution in [0.1, 0.15) is 52.7 Å². The summed E-state index contributed by atoms with van der Waals surface area (Å²) in [5.41, 5.74) is 0.402. The number of carbonyl (C=O) groups is 2. The van der Waals surface area contributed by atoms with Gasteiger partial charge in [0, 0.05) is 18.6 Å². The zero-order valence-electron chi connectivity index (χ0n) is 23.9. The lowest BCUT2D eigenvalue weighted by atomic mass is 9.94. The van der Waals surface area contributed by atoms with Gasteiger partial charge in [-0.25, -0.2) is 9.59 Å². The molecule has 39 heavy (non-hydrogen) atoms. The highest BCUT2D eigenvalue weighted by atomic mass is 16.6. The van der Waals surface area contributed by atoms with Crippen LogP contribution < -0.4 is 10.6 Å². The molecule has 0 fully saturated rings. The molecule has 2 aromatic carbocycles. The number of alkyl carbamates (subject to hydrolysis) is 1. The molecule has 0 aliphatic rings. The summed E-state index contributed by atoms with van der Waals surface area (Å²) in [5, 5.41) is 38.0. The summed E-state index contributed by atoms with van der Waals surface area (Å²) in [7, 11) is 0. The fourth-order valence-corrected chi connectivity index (χ4v) is 4.45. The molecule has 2 rings (SSSR count). The average Bonchev–Trinajstić information content (AvgIpc) is 2.82. The number of carboxylic acid groups (broad SMARTS) is 1. The lowest BCUT2D eigenvalue weighted by Gasteiger charge is -2.42. The number of nitrogens with one attached hydrogen (secondary N) is 2. The minimum atomic E-state index is -1.12. The van der Waals surface area contributed by atoms with Crippen LogP contribution >= 0.6 is 0 Å². The van der Waals surface area contributed by atoms with Gasteiger partial charge in [-0.2, -0.15) is 0 Å². The van der Waals surface area contributed by atoms with E-state index in [0.29, 0.717) is 12.8 Å². The Morgan fingerprint density at radius 2 is 1.31 bits per heavy atom. The van der Waals surface area contributed by atoms with Crippen LogP contribution in [0.5, 0.6) is 0 Å². The number of hydrogen-bond acceptors (Lipinski definition) is 6. The van der Waals surface area contributed by atoms with Crippen molar-refractivity contribution < 1.29 is 29.6 Å². The Balaban J connectivity index is 2.12. The number of benzene rings is 2. The molecule has 0 spiro atoms. The van der Waals surface area contributed by atoms with Gasteiger partial charge in [-0.15, -0.1) is 0 Å². The van der Waals surface area contributed by atoms with Crippen molar-refractivity contribution in [3.63, 3.8) is 0 Å². The van der Waals surface area contributed by atoms with Crippen molar-refractivity contribution in [3.8, 4) is 0 Å². The van der Waals surface area contributed by atoms with Crippen molar-refractivity contribution in [2.24, 2.45) is 0 Å². The number of hydrogen-bond donors (Lipinski definition) is 5. The van der Waals surface area contributed by atoms with Gasteiger partial charge in [-0.05, 0) is 65.5 Å². The fraction of sp³-hybridized carbons (Fsp3) is 0.533. The molecule has 5 N–H and O–H groups in total. The van der Waals surface area contributed by atoms with Crippen LogP contribution in [0.25, 0.3) is 0 Å². The molecular formula is C30H45N3O6. The van der Waals surface area contributed by atoms with E-state index in [0.717, 1.165) is 11.1 Å². The predicted octanol–water partition coefficient (Wildman–Crippen LogP) is 3.82. The Kier molecular flexibility index (Phi) is 11.8. The molecule has 0 bridgehead atoms. The topological polar surface area (TPSA) is 131 Å². The highest BCUT2D eigenvalue weighted by molar-refractivity contribution is 5.68. The maximum absolute atomic E-state index is 12.5. The molecule has 2 amide bonds. The number of amides is 2. The molecule has 9 nitrogen and oxygen atoms in total. The van der Waals surface area contributed by atoms with Gasteiger partial charge in [0.25, 0.3) is 0 Å². The van der Waals surface area contributed by atoms with Gasteiger partial charge in [0.05, 0.1) is 24.3 Å². The average molecular weight is 544 g/mol. The SMILES string of the molecule is CC(C)(C)OC(=O)N[C@@H](Cc1ccccc1)[C@H](O)CNC[C@H](O)[C@@H](Cc1ccccc1)N(C(=O)O)C(C)(C)C. The van der Waals surface area contributed by atoms with E-state index in [1.54, 1.807) is 41.5 Å². The first-order valence-electron chi connectivity index (χ1n) is 13.3. The second-order valence-corrected chi connectivity index (χ2v) is 11.8. The number of nitrogens with zero attached hydrogens (tertiary/aromatic N) is 1. The van der Waals surface area contributed by atoms with Gasteiger partial charge in [-0.3, -0.25) is 4.90 Å². The highest BCUT2D eigenvalue weighted by Gasteiger charge is 2.37. The van der Waals surface area contributed by atoms with Gasteiger partial charge in [0.15, 0.2) is 0 Å². The molecule has 0 unspecified atom stereocenters. The van der Waals surface area contributed by atoms with E-state index in [4.69, 9.17) is 4.74 Å². The van der Waals surface area contributed by atoms with Crippen molar-refractivity contribution in [2.45, 2.75) is 89.8 Å². The summed E-state index contributed by atoms with van der Waals surface area (Å²) in [6.45, 7) is 10.8. The van der Waals surface area contributed by atoms with Crippen molar-refractivity contribution in [2.75, 3.05) is 13.1 Å². The molecule has 0 aromatic heterocycles. The summed E-state index contributed by atoms with van der Waals surface area (Å²) >= 11 is 0. The van der Waals surface area contributed by atoms with Gasteiger partial charge in [0.1, 0.15) is 5.60 Å². The third kappa shape index (κ3) is 11.2. The van der Waals surface area contributed by atoms with E-state index in [2.05, 4.69) is 10.6 Å². The minimum Gasteiger partial charge on any atom is -0.465 e. The van der Waals surface area contributed by atoms with E-state index in [9.17, 15) is 24.9 Å². The smallest absolute Gasteiger partial charge is 0.408 e. The van der Waals surface area contributed by atoms with Crippen LogP contribution in [0.2, 0.25) is 0 Å². The van der Waals surface area contributed by atoms with Crippen molar-refractivity contribution >= 4 is 12.2 Å². The summed E-state index contributed by atoms with van der Waals surface area (Å²) in [5.74, 6) is 0. The lowest BCUT2D eigenvalue weighted by molar-refractivity contribution is 0.00615. The summed E-state index contributed by atoms with van der Waals surface area (Å²) < 4.78 is 5.38. The first-order valence-corrected chi connectivity index (χ1v) is 13.3. The minimum absolute atomic E-state index is 0.0406. The second-order valence-electron chi connectivity index (χ2n) is 11.8. The van der Waals surface area contributed by atoms with Gasteiger partial charge < -0.3 is 30.7 Å². The third-order valence-corrected chi connectivity index (χ3v) is 6.16. The Morgan fingerprint density at radius 1 is 0.821 bits per heavy atom. The van der Waals surface area contributed by atoms with E-state index >= 15 is 0 Å². The fourth-order valence-electron chi connectivity index (χ4n) is 4.45. The zero-order chi connectivity index (χ0) is 29.2. The Hall–Kier alpha value is -3.14. The van der Waals surface area contributed by atoms with Crippen LogP contribution in [0.4, 0.5) is 9.59 Å². The van der Waals surface area contributed by atoms with Crippen molar-refractivity contribution in [1.82, 2.24) is 15.5 Å². The third-order valence-electron chi connectivity index (χ3n) is 6.16. The van der Waals surface area contributed by atoms with Crippen molar-refractivity contribution in [1.29, 1.82) is 0 Å². The summed E-state index contributed by atoms with van der Waals surface area (Å²) in [6.07, 6.45) is -3.11. The van der Waals surface area contributed by atoms with E-state index < -0.39 is 47.6 Å². The number of carbonyl (C=O) groups excluding carboxylic acids is 1. The molecule has 0 saturated heterocycles. The van der Waals surface area contributed by atoms with Gasteiger partial charge >= 0.3 is 12.2 Å². The van der Waals surface area contributed by atoms with E-state index in [1.165, 1.54) is 4.90 Å². The van der Waals surface area contributed by atoms with Crippen LogP contribution in [0.15, 0.2) is 60.7 Å². The van der Waals surface area contributed by atoms with Crippen LogP contribution in [0, 0.1) is 0 Å². The molecule has 0 aliphatic heterocycles.